The third kappa shape index (κ3) is 6.20. The van der Waals surface area contributed by atoms with E-state index in [1.54, 1.807) is 33.9 Å². The first-order valence-corrected chi connectivity index (χ1v) is 11.6. The van der Waals surface area contributed by atoms with Crippen molar-refractivity contribution in [2.24, 2.45) is 5.92 Å². The van der Waals surface area contributed by atoms with Gasteiger partial charge in [0, 0.05) is 38.0 Å². The van der Waals surface area contributed by atoms with E-state index in [-0.39, 0.29) is 42.2 Å². The summed E-state index contributed by atoms with van der Waals surface area (Å²) in [4.78, 5) is 13.3. The highest BCUT2D eigenvalue weighted by Gasteiger charge is 2.38. The summed E-state index contributed by atoms with van der Waals surface area (Å²) >= 11 is 0. The van der Waals surface area contributed by atoms with Gasteiger partial charge < -0.3 is 19.8 Å². The van der Waals surface area contributed by atoms with Crippen molar-refractivity contribution < 1.29 is 28.2 Å². The first-order chi connectivity index (χ1) is 14.3. The molecule has 1 aliphatic rings. The molecule has 0 unspecified atom stereocenters. The second-order valence-electron chi connectivity index (χ2n) is 8.61. The molecule has 1 aliphatic heterocycles. The molecule has 0 fully saturated rings. The van der Waals surface area contributed by atoms with E-state index in [9.17, 15) is 23.4 Å². The summed E-state index contributed by atoms with van der Waals surface area (Å²) in [6.45, 7) is 8.15. The van der Waals surface area contributed by atoms with Crippen LogP contribution in [0.5, 0.6) is 5.75 Å². The number of hydrogen-bond donors (Lipinski definition) is 2. The number of aliphatic hydroxyl groups is 2. The fourth-order valence-electron chi connectivity index (χ4n) is 3.14. The third-order valence-electron chi connectivity index (χ3n) is 5.17. The molecule has 1 aromatic carbocycles. The number of ether oxygens (including phenoxy) is 1. The van der Waals surface area contributed by atoms with E-state index < -0.39 is 27.8 Å². The Morgan fingerprint density at radius 3 is 2.61 bits per heavy atom. The molecule has 0 spiro atoms. The summed E-state index contributed by atoms with van der Waals surface area (Å²) in [5.74, 6) is 5.28. The van der Waals surface area contributed by atoms with Gasteiger partial charge in [0.15, 0.2) is 0 Å². The van der Waals surface area contributed by atoms with Crippen LogP contribution in [-0.2, 0) is 14.8 Å². The fraction of sp³-hybridized carbons (Fsp3) is 0.591. The molecule has 1 aromatic rings. The van der Waals surface area contributed by atoms with Gasteiger partial charge in [-0.05, 0) is 39.0 Å². The van der Waals surface area contributed by atoms with Gasteiger partial charge in [-0.1, -0.05) is 18.8 Å². The molecule has 3 atom stereocenters. The standard InChI is InChI=1S/C22H32N2O6S/c1-15-12-24(16(2)14-25)31(28,29)21-8-7-18(9-10-22(4,5)27)11-19(21)30-20(15)13-23(6)17(3)26/h7-8,11,15-16,20,25,27H,12-14H2,1-6H3/t15-,16+,20+/m1/s1. The van der Waals surface area contributed by atoms with E-state index in [0.29, 0.717) is 5.56 Å². The van der Waals surface area contributed by atoms with Crippen molar-refractivity contribution in [1.82, 2.24) is 9.21 Å². The molecule has 0 bridgehead atoms. The number of aliphatic hydroxyl groups excluding tert-OH is 1. The Balaban J connectivity index is 2.62. The smallest absolute Gasteiger partial charge is 0.247 e. The van der Waals surface area contributed by atoms with Crippen molar-refractivity contribution in [3.63, 3.8) is 0 Å². The number of benzene rings is 1. The quantitative estimate of drug-likeness (QED) is 0.662. The molecule has 9 heteroatoms. The van der Waals surface area contributed by atoms with E-state index >= 15 is 0 Å². The number of likely N-dealkylation sites (N-methyl/N-ethyl adjacent to an activating group) is 1. The third-order valence-corrected chi connectivity index (χ3v) is 7.19. The van der Waals surface area contributed by atoms with Gasteiger partial charge in [0.05, 0.1) is 13.2 Å². The molecular weight excluding hydrogens is 420 g/mol. The lowest BCUT2D eigenvalue weighted by Crippen LogP contribution is -2.50. The Morgan fingerprint density at radius 1 is 1.42 bits per heavy atom. The number of rotatable bonds is 4. The number of hydrogen-bond acceptors (Lipinski definition) is 6. The lowest BCUT2D eigenvalue weighted by Gasteiger charge is -2.37. The predicted octanol–water partition coefficient (Wildman–Crippen LogP) is 1.06. The van der Waals surface area contributed by atoms with E-state index in [0.717, 1.165) is 0 Å². The molecule has 0 saturated carbocycles. The average molecular weight is 453 g/mol. The molecule has 0 aromatic heterocycles. The van der Waals surface area contributed by atoms with Crippen LogP contribution in [0.15, 0.2) is 23.1 Å². The van der Waals surface area contributed by atoms with Crippen molar-refractivity contribution in [3.8, 4) is 17.6 Å². The molecule has 1 heterocycles. The number of carbonyl (C=O) groups excluding carboxylic acids is 1. The maximum absolute atomic E-state index is 13.4. The van der Waals surface area contributed by atoms with E-state index in [4.69, 9.17) is 4.74 Å². The first kappa shape index (κ1) is 25.1. The molecule has 172 valence electrons. The highest BCUT2D eigenvalue weighted by molar-refractivity contribution is 7.89. The Bertz CT molecular complexity index is 974. The number of carbonyl (C=O) groups is 1. The first-order valence-electron chi connectivity index (χ1n) is 10.2. The summed E-state index contributed by atoms with van der Waals surface area (Å²) in [6, 6.07) is 3.89. The summed E-state index contributed by atoms with van der Waals surface area (Å²) in [6.07, 6.45) is -0.478. The van der Waals surface area contributed by atoms with Crippen LogP contribution in [0.3, 0.4) is 0 Å². The molecule has 8 nitrogen and oxygen atoms in total. The predicted molar refractivity (Wildman–Crippen MR) is 117 cm³/mol. The zero-order valence-electron chi connectivity index (χ0n) is 18.9. The van der Waals surface area contributed by atoms with Gasteiger partial charge in [-0.2, -0.15) is 4.31 Å². The fourth-order valence-corrected chi connectivity index (χ4v) is 4.97. The Kier molecular flexibility index (Phi) is 7.76. The normalized spacial score (nSPS) is 22.1. The molecule has 0 radical (unpaired) electrons. The highest BCUT2D eigenvalue weighted by atomic mass is 32.2. The summed E-state index contributed by atoms with van der Waals surface area (Å²) in [5.41, 5.74) is -0.712. The van der Waals surface area contributed by atoms with E-state index in [1.807, 2.05) is 6.92 Å². The topological polar surface area (TPSA) is 107 Å². The zero-order valence-corrected chi connectivity index (χ0v) is 19.7. The second-order valence-corrected chi connectivity index (χ2v) is 10.5. The van der Waals surface area contributed by atoms with Gasteiger partial charge in [0.1, 0.15) is 22.4 Å². The maximum Gasteiger partial charge on any atom is 0.247 e. The number of fused-ring (bicyclic) bond motifs is 1. The minimum atomic E-state index is -3.95. The van der Waals surface area contributed by atoms with E-state index in [1.165, 1.54) is 28.3 Å². The molecule has 1 amide bonds. The van der Waals surface area contributed by atoms with Gasteiger partial charge in [0.25, 0.3) is 0 Å². The summed E-state index contributed by atoms with van der Waals surface area (Å²) in [7, 11) is -2.28. The Labute approximate surface area is 184 Å². The van der Waals surface area contributed by atoms with Gasteiger partial charge in [0.2, 0.25) is 15.9 Å². The van der Waals surface area contributed by atoms with Gasteiger partial charge in [-0.3, -0.25) is 4.79 Å². The lowest BCUT2D eigenvalue weighted by atomic mass is 10.0. The SMILES string of the molecule is CC(=O)N(C)C[C@@H]1Oc2cc(C#CC(C)(C)O)ccc2S(=O)(=O)N([C@@H](C)CO)C[C@H]1C. The second kappa shape index (κ2) is 9.57. The van der Waals surface area contributed by atoms with Crippen molar-refractivity contribution >= 4 is 15.9 Å². The number of sulfonamides is 1. The molecule has 0 aliphatic carbocycles. The van der Waals surface area contributed by atoms with Crippen LogP contribution >= 0.6 is 0 Å². The van der Waals surface area contributed by atoms with Gasteiger partial charge in [-0.15, -0.1) is 0 Å². The minimum Gasteiger partial charge on any atom is -0.487 e. The summed E-state index contributed by atoms with van der Waals surface area (Å²) in [5, 5.41) is 19.5. The van der Waals surface area contributed by atoms with Crippen molar-refractivity contribution in [3.05, 3.63) is 23.8 Å². The van der Waals surface area contributed by atoms with Crippen LogP contribution in [-0.4, -0.2) is 78.2 Å². The summed E-state index contributed by atoms with van der Waals surface area (Å²) < 4.78 is 34.2. The Morgan fingerprint density at radius 2 is 2.06 bits per heavy atom. The molecule has 31 heavy (non-hydrogen) atoms. The molecule has 2 rings (SSSR count). The molecule has 2 N–H and O–H groups in total. The van der Waals surface area contributed by atoms with Crippen LogP contribution in [0.4, 0.5) is 0 Å². The van der Waals surface area contributed by atoms with Crippen LogP contribution < -0.4 is 4.74 Å². The Hall–Kier alpha value is -2.12. The molecular formula is C22H32N2O6S. The van der Waals surface area contributed by atoms with Crippen LogP contribution in [0.2, 0.25) is 0 Å². The van der Waals surface area contributed by atoms with Crippen LogP contribution in [0.1, 0.15) is 40.2 Å². The largest absolute Gasteiger partial charge is 0.487 e. The monoisotopic (exact) mass is 452 g/mol. The van der Waals surface area contributed by atoms with Crippen molar-refractivity contribution in [2.45, 2.75) is 57.3 Å². The van der Waals surface area contributed by atoms with Crippen molar-refractivity contribution in [2.75, 3.05) is 26.7 Å². The highest BCUT2D eigenvalue weighted by Crippen LogP contribution is 2.34. The van der Waals surface area contributed by atoms with Crippen molar-refractivity contribution in [1.29, 1.82) is 0 Å². The average Bonchev–Trinajstić information content (AvgIpc) is 2.67. The number of amides is 1. The molecule has 0 saturated heterocycles. The van der Waals surface area contributed by atoms with E-state index in [2.05, 4.69) is 11.8 Å². The minimum absolute atomic E-state index is 0.0241. The number of nitrogens with zero attached hydrogens (tertiary/aromatic N) is 2. The van der Waals surface area contributed by atoms with Crippen LogP contribution in [0, 0.1) is 17.8 Å². The van der Waals surface area contributed by atoms with Gasteiger partial charge in [-0.25, -0.2) is 8.42 Å². The maximum atomic E-state index is 13.4. The lowest BCUT2D eigenvalue weighted by molar-refractivity contribution is -0.129. The van der Waals surface area contributed by atoms with Crippen LogP contribution in [0.25, 0.3) is 0 Å². The van der Waals surface area contributed by atoms with Gasteiger partial charge >= 0.3 is 0 Å². The zero-order chi connectivity index (χ0) is 23.6.